The number of ether oxygens (including phenoxy) is 1. The molecule has 1 aromatic heterocycles. The number of aromatic nitrogens is 2. The summed E-state index contributed by atoms with van der Waals surface area (Å²) in [6.45, 7) is 0. The van der Waals surface area contributed by atoms with Crippen molar-refractivity contribution >= 4 is 22.6 Å². The third-order valence-corrected chi connectivity index (χ3v) is 3.22. The molecule has 0 saturated carbocycles. The van der Waals surface area contributed by atoms with E-state index in [0.717, 1.165) is 0 Å². The molecule has 1 heterocycles. The van der Waals surface area contributed by atoms with Gasteiger partial charge in [0.05, 0.1) is 23.7 Å². The van der Waals surface area contributed by atoms with Gasteiger partial charge < -0.3 is 25.1 Å². The van der Waals surface area contributed by atoms with Gasteiger partial charge in [-0.15, -0.1) is 0 Å². The number of aromatic amines is 2. The largest absolute Gasteiger partial charge is 0.507 e. The number of aromatic hydroxyl groups is 1. The number of hydrogen-bond donors (Lipinski definition) is 4. The number of H-pyrrole nitrogens is 2. The topological polar surface area (TPSA) is 107 Å². The van der Waals surface area contributed by atoms with Gasteiger partial charge in [-0.1, -0.05) is 0 Å². The molecule has 0 fully saturated rings. The molecule has 0 aliphatic rings. The van der Waals surface area contributed by atoms with Crippen molar-refractivity contribution in [2.24, 2.45) is 0 Å². The van der Waals surface area contributed by atoms with E-state index in [9.17, 15) is 14.7 Å². The summed E-state index contributed by atoms with van der Waals surface area (Å²) < 4.78 is 4.97. The minimum atomic E-state index is -0.461. The second-order valence-corrected chi connectivity index (χ2v) is 4.68. The second kappa shape index (κ2) is 5.28. The van der Waals surface area contributed by atoms with Gasteiger partial charge in [0.25, 0.3) is 5.91 Å². The molecule has 0 radical (unpaired) electrons. The van der Waals surface area contributed by atoms with E-state index in [0.29, 0.717) is 22.5 Å². The third-order valence-electron chi connectivity index (χ3n) is 3.22. The molecule has 0 aliphatic heterocycles. The van der Waals surface area contributed by atoms with Crippen molar-refractivity contribution in [3.8, 4) is 11.5 Å². The highest BCUT2D eigenvalue weighted by atomic mass is 16.5. The van der Waals surface area contributed by atoms with Gasteiger partial charge >= 0.3 is 5.69 Å². The van der Waals surface area contributed by atoms with Crippen LogP contribution in [0.2, 0.25) is 0 Å². The number of rotatable bonds is 3. The third kappa shape index (κ3) is 2.51. The highest BCUT2D eigenvalue weighted by Crippen LogP contribution is 2.24. The summed E-state index contributed by atoms with van der Waals surface area (Å²) in [7, 11) is 1.47. The summed E-state index contributed by atoms with van der Waals surface area (Å²) in [5, 5.41) is 12.5. The number of methoxy groups -OCH3 is 1. The highest BCUT2D eigenvalue weighted by molar-refractivity contribution is 6.06. The molecule has 4 N–H and O–H groups in total. The molecule has 112 valence electrons. The fourth-order valence-corrected chi connectivity index (χ4v) is 2.14. The van der Waals surface area contributed by atoms with Crippen LogP contribution in [0.1, 0.15) is 10.4 Å². The van der Waals surface area contributed by atoms with Gasteiger partial charge in [-0.05, 0) is 30.3 Å². The summed E-state index contributed by atoms with van der Waals surface area (Å²) >= 11 is 0. The summed E-state index contributed by atoms with van der Waals surface area (Å²) in [5.74, 6) is -0.175. The van der Waals surface area contributed by atoms with Crippen LogP contribution < -0.4 is 15.7 Å². The smallest absolute Gasteiger partial charge is 0.323 e. The minimum absolute atomic E-state index is 0.128. The zero-order valence-electron chi connectivity index (χ0n) is 11.6. The quantitative estimate of drug-likeness (QED) is 0.591. The van der Waals surface area contributed by atoms with Gasteiger partial charge in [-0.3, -0.25) is 4.79 Å². The van der Waals surface area contributed by atoms with E-state index >= 15 is 0 Å². The predicted molar refractivity (Wildman–Crippen MR) is 81.5 cm³/mol. The lowest BCUT2D eigenvalue weighted by atomic mass is 10.1. The highest BCUT2D eigenvalue weighted by Gasteiger charge is 2.12. The van der Waals surface area contributed by atoms with E-state index in [1.807, 2.05) is 0 Å². The average Bonchev–Trinajstić information content (AvgIpc) is 2.86. The monoisotopic (exact) mass is 299 g/mol. The molecule has 0 saturated heterocycles. The molecule has 2 aromatic carbocycles. The maximum absolute atomic E-state index is 12.2. The van der Waals surface area contributed by atoms with Gasteiger partial charge in [0, 0.05) is 11.8 Å². The Balaban J connectivity index is 1.87. The van der Waals surface area contributed by atoms with Crippen LogP contribution in [-0.4, -0.2) is 28.1 Å². The first-order valence-electron chi connectivity index (χ1n) is 6.47. The summed E-state index contributed by atoms with van der Waals surface area (Å²) in [6, 6.07) is 9.39. The second-order valence-electron chi connectivity index (χ2n) is 4.68. The van der Waals surface area contributed by atoms with Gasteiger partial charge in [-0.25, -0.2) is 4.79 Å². The first kappa shape index (κ1) is 13.7. The van der Waals surface area contributed by atoms with E-state index in [1.165, 1.54) is 19.2 Å². The Bertz CT molecular complexity index is 911. The Labute approximate surface area is 124 Å². The van der Waals surface area contributed by atoms with Crippen LogP contribution >= 0.6 is 0 Å². The number of phenolic OH excluding ortho intramolecular Hbond substituents is 1. The van der Waals surface area contributed by atoms with Gasteiger partial charge in [0.1, 0.15) is 11.5 Å². The van der Waals surface area contributed by atoms with Crippen LogP contribution in [0.5, 0.6) is 11.5 Å². The molecule has 0 atom stereocenters. The van der Waals surface area contributed by atoms with E-state index in [2.05, 4.69) is 15.3 Å². The normalized spacial score (nSPS) is 10.6. The molecular weight excluding hydrogens is 286 g/mol. The number of fused-ring (bicyclic) bond motifs is 1. The molecule has 22 heavy (non-hydrogen) atoms. The average molecular weight is 299 g/mol. The number of anilines is 1. The minimum Gasteiger partial charge on any atom is -0.507 e. The van der Waals surface area contributed by atoms with Crippen LogP contribution in [-0.2, 0) is 0 Å². The Morgan fingerprint density at radius 2 is 1.91 bits per heavy atom. The van der Waals surface area contributed by atoms with Gasteiger partial charge in [0.2, 0.25) is 0 Å². The number of imidazole rings is 1. The van der Waals surface area contributed by atoms with Crippen LogP contribution in [0, 0.1) is 0 Å². The number of amides is 1. The first-order chi connectivity index (χ1) is 10.6. The van der Waals surface area contributed by atoms with E-state index < -0.39 is 5.91 Å². The van der Waals surface area contributed by atoms with E-state index in [-0.39, 0.29) is 17.0 Å². The number of carbonyl (C=O) groups is 1. The van der Waals surface area contributed by atoms with E-state index in [1.54, 1.807) is 24.3 Å². The fraction of sp³-hybridized carbons (Fsp3) is 0.0667. The van der Waals surface area contributed by atoms with Crippen LogP contribution in [0.4, 0.5) is 5.69 Å². The maximum atomic E-state index is 12.2. The molecule has 3 aromatic rings. The summed E-state index contributed by atoms with van der Waals surface area (Å²) in [4.78, 5) is 28.6. The SMILES string of the molecule is COc1ccc(C(=O)Nc2ccc3[nH]c(=O)[nH]c3c2)c(O)c1. The summed E-state index contributed by atoms with van der Waals surface area (Å²) in [5.41, 5.74) is 1.55. The Kier molecular flexibility index (Phi) is 3.30. The van der Waals surface area contributed by atoms with Crippen molar-refractivity contribution in [1.82, 2.24) is 9.97 Å². The van der Waals surface area contributed by atoms with Gasteiger partial charge in [-0.2, -0.15) is 0 Å². The van der Waals surface area contributed by atoms with Crippen molar-refractivity contribution in [1.29, 1.82) is 0 Å². The zero-order chi connectivity index (χ0) is 15.7. The van der Waals surface area contributed by atoms with Crippen LogP contribution in [0.25, 0.3) is 11.0 Å². The van der Waals surface area contributed by atoms with Crippen LogP contribution in [0.15, 0.2) is 41.2 Å². The molecule has 0 spiro atoms. The van der Waals surface area contributed by atoms with E-state index in [4.69, 9.17) is 4.74 Å². The molecule has 3 rings (SSSR count). The number of hydrogen-bond acceptors (Lipinski definition) is 4. The van der Waals surface area contributed by atoms with Crippen molar-refractivity contribution in [3.63, 3.8) is 0 Å². The Hall–Kier alpha value is -3.22. The molecule has 0 bridgehead atoms. The van der Waals surface area contributed by atoms with Gasteiger partial charge in [0.15, 0.2) is 0 Å². The van der Waals surface area contributed by atoms with Crippen molar-refractivity contribution in [2.45, 2.75) is 0 Å². The molecule has 7 nitrogen and oxygen atoms in total. The molecule has 0 unspecified atom stereocenters. The Morgan fingerprint density at radius 3 is 2.64 bits per heavy atom. The standard InChI is InChI=1S/C15H13N3O4/c1-22-9-3-4-10(13(19)7-9)14(20)16-8-2-5-11-12(6-8)18-15(21)17-11/h2-7,19H,1H3,(H,16,20)(H2,17,18,21). The maximum Gasteiger partial charge on any atom is 0.323 e. The fourth-order valence-electron chi connectivity index (χ4n) is 2.14. The molecule has 1 amide bonds. The van der Waals surface area contributed by atoms with Crippen molar-refractivity contribution in [2.75, 3.05) is 12.4 Å². The van der Waals surface area contributed by atoms with Crippen LogP contribution in [0.3, 0.4) is 0 Å². The first-order valence-corrected chi connectivity index (χ1v) is 6.47. The summed E-state index contributed by atoms with van der Waals surface area (Å²) in [6.07, 6.45) is 0. The van der Waals surface area contributed by atoms with Crippen molar-refractivity contribution in [3.05, 3.63) is 52.4 Å². The zero-order valence-corrected chi connectivity index (χ0v) is 11.6. The Morgan fingerprint density at radius 1 is 1.14 bits per heavy atom. The number of benzene rings is 2. The lowest BCUT2D eigenvalue weighted by Crippen LogP contribution is -2.12. The molecular formula is C15H13N3O4. The molecule has 7 heteroatoms. The van der Waals surface area contributed by atoms with Crippen molar-refractivity contribution < 1.29 is 14.6 Å². The number of carbonyl (C=O) groups excluding carboxylic acids is 1. The lowest BCUT2D eigenvalue weighted by molar-refractivity contribution is 0.102. The molecule has 0 aliphatic carbocycles. The lowest BCUT2D eigenvalue weighted by Gasteiger charge is -2.08. The number of phenols is 1. The number of nitrogens with one attached hydrogen (secondary N) is 3. The predicted octanol–water partition coefficient (Wildman–Crippen LogP) is 1.82.